The summed E-state index contributed by atoms with van der Waals surface area (Å²) < 4.78 is 10.1. The Morgan fingerprint density at radius 2 is 1.86 bits per heavy atom. The Bertz CT molecular complexity index is 703. The van der Waals surface area contributed by atoms with E-state index in [1.165, 1.54) is 0 Å². The summed E-state index contributed by atoms with van der Waals surface area (Å²) in [6.07, 6.45) is -0.595. The monoisotopic (exact) mass is 299 g/mol. The van der Waals surface area contributed by atoms with Gasteiger partial charge in [0.2, 0.25) is 0 Å². The fourth-order valence-corrected chi connectivity index (χ4v) is 1.84. The highest BCUT2D eigenvalue weighted by Gasteiger charge is 2.08. The third-order valence-electron chi connectivity index (χ3n) is 2.91. The Balaban J connectivity index is 1.86. The van der Waals surface area contributed by atoms with E-state index >= 15 is 0 Å². The highest BCUT2D eigenvalue weighted by Crippen LogP contribution is 2.25. The van der Waals surface area contributed by atoms with Crippen LogP contribution in [0.15, 0.2) is 54.6 Å². The number of amides is 1. The van der Waals surface area contributed by atoms with Crippen molar-refractivity contribution < 1.29 is 19.1 Å². The SMILES string of the molecule is C=C(C)C(=O)OCCNC(=O)Oc1cccc2ccccc12. The smallest absolute Gasteiger partial charge is 0.412 e. The van der Waals surface area contributed by atoms with Gasteiger partial charge >= 0.3 is 12.1 Å². The van der Waals surface area contributed by atoms with E-state index in [0.717, 1.165) is 10.8 Å². The number of esters is 1. The molecular formula is C17H17NO4. The lowest BCUT2D eigenvalue weighted by Gasteiger charge is -2.09. The number of hydrogen-bond donors (Lipinski definition) is 1. The second-order valence-corrected chi connectivity index (χ2v) is 4.71. The van der Waals surface area contributed by atoms with Crippen molar-refractivity contribution in [3.05, 3.63) is 54.6 Å². The highest BCUT2D eigenvalue weighted by molar-refractivity contribution is 5.90. The number of carbonyl (C=O) groups excluding carboxylic acids is 2. The lowest BCUT2D eigenvalue weighted by Crippen LogP contribution is -2.30. The van der Waals surface area contributed by atoms with Crippen molar-refractivity contribution in [1.29, 1.82) is 0 Å². The minimum atomic E-state index is -0.595. The number of carbonyl (C=O) groups is 2. The van der Waals surface area contributed by atoms with Crippen LogP contribution in [-0.2, 0) is 9.53 Å². The molecule has 0 saturated heterocycles. The molecule has 0 aliphatic heterocycles. The average Bonchev–Trinajstić information content (AvgIpc) is 2.51. The van der Waals surface area contributed by atoms with Crippen LogP contribution in [0.2, 0.25) is 0 Å². The zero-order chi connectivity index (χ0) is 15.9. The fourth-order valence-electron chi connectivity index (χ4n) is 1.84. The summed E-state index contributed by atoms with van der Waals surface area (Å²) in [5.41, 5.74) is 0.318. The highest BCUT2D eigenvalue weighted by atomic mass is 16.6. The topological polar surface area (TPSA) is 64.6 Å². The fraction of sp³-hybridized carbons (Fsp3) is 0.176. The molecule has 5 nitrogen and oxygen atoms in total. The standard InChI is InChI=1S/C17H17NO4/c1-12(2)16(19)21-11-10-18-17(20)22-15-9-5-7-13-6-3-4-8-14(13)15/h3-9H,1,10-11H2,2H3,(H,18,20). The molecule has 114 valence electrons. The summed E-state index contributed by atoms with van der Waals surface area (Å²) in [5, 5.41) is 4.37. The lowest BCUT2D eigenvalue weighted by molar-refractivity contribution is -0.138. The first-order chi connectivity index (χ1) is 10.6. The number of hydrogen-bond acceptors (Lipinski definition) is 4. The Morgan fingerprint density at radius 1 is 1.14 bits per heavy atom. The van der Waals surface area contributed by atoms with Gasteiger partial charge in [0.15, 0.2) is 0 Å². The molecule has 0 unspecified atom stereocenters. The van der Waals surface area contributed by atoms with Crippen molar-refractivity contribution >= 4 is 22.8 Å². The van der Waals surface area contributed by atoms with E-state index in [0.29, 0.717) is 11.3 Å². The first kappa shape index (κ1) is 15.6. The molecule has 0 aliphatic rings. The van der Waals surface area contributed by atoms with E-state index in [9.17, 15) is 9.59 Å². The first-order valence-electron chi connectivity index (χ1n) is 6.84. The van der Waals surface area contributed by atoms with Gasteiger partial charge in [0.25, 0.3) is 0 Å². The normalized spacial score (nSPS) is 10.0. The molecule has 0 heterocycles. The molecule has 0 saturated carbocycles. The molecule has 2 aromatic carbocycles. The Morgan fingerprint density at radius 3 is 2.64 bits per heavy atom. The van der Waals surface area contributed by atoms with E-state index in [1.807, 2.05) is 36.4 Å². The van der Waals surface area contributed by atoms with Crippen LogP contribution in [0.5, 0.6) is 5.75 Å². The summed E-state index contributed by atoms with van der Waals surface area (Å²) in [6, 6.07) is 13.1. The zero-order valence-corrected chi connectivity index (χ0v) is 12.3. The maximum absolute atomic E-state index is 11.7. The summed E-state index contributed by atoms with van der Waals surface area (Å²) in [6.45, 7) is 5.26. The van der Waals surface area contributed by atoms with Crippen molar-refractivity contribution in [2.24, 2.45) is 0 Å². The minimum Gasteiger partial charge on any atom is -0.460 e. The zero-order valence-electron chi connectivity index (χ0n) is 12.3. The van der Waals surface area contributed by atoms with Crippen LogP contribution in [0.1, 0.15) is 6.92 Å². The van der Waals surface area contributed by atoms with Crippen LogP contribution in [0, 0.1) is 0 Å². The molecule has 0 atom stereocenters. The van der Waals surface area contributed by atoms with Gasteiger partial charge in [0, 0.05) is 11.0 Å². The molecule has 0 aliphatic carbocycles. The van der Waals surface area contributed by atoms with E-state index in [-0.39, 0.29) is 13.2 Å². The predicted molar refractivity (Wildman–Crippen MR) is 83.7 cm³/mol. The molecule has 5 heteroatoms. The van der Waals surface area contributed by atoms with Crippen LogP contribution in [-0.4, -0.2) is 25.2 Å². The van der Waals surface area contributed by atoms with Gasteiger partial charge in [-0.25, -0.2) is 9.59 Å². The predicted octanol–water partition coefficient (Wildman–Crippen LogP) is 3.05. The molecule has 0 radical (unpaired) electrons. The van der Waals surface area contributed by atoms with Gasteiger partial charge in [0.1, 0.15) is 12.4 Å². The van der Waals surface area contributed by atoms with E-state index in [2.05, 4.69) is 11.9 Å². The van der Waals surface area contributed by atoms with Gasteiger partial charge in [-0.1, -0.05) is 43.0 Å². The molecular weight excluding hydrogens is 282 g/mol. The largest absolute Gasteiger partial charge is 0.460 e. The molecule has 0 spiro atoms. The van der Waals surface area contributed by atoms with Gasteiger partial charge in [0.05, 0.1) is 6.54 Å². The lowest BCUT2D eigenvalue weighted by atomic mass is 10.1. The second kappa shape index (κ2) is 7.26. The van der Waals surface area contributed by atoms with Crippen LogP contribution in [0.25, 0.3) is 10.8 Å². The Kier molecular flexibility index (Phi) is 5.14. The molecule has 2 rings (SSSR count). The molecule has 2 aromatic rings. The third-order valence-corrected chi connectivity index (χ3v) is 2.91. The van der Waals surface area contributed by atoms with Crippen molar-refractivity contribution in [3.63, 3.8) is 0 Å². The number of nitrogens with one attached hydrogen (secondary N) is 1. The van der Waals surface area contributed by atoms with Gasteiger partial charge < -0.3 is 14.8 Å². The van der Waals surface area contributed by atoms with Crippen molar-refractivity contribution in [1.82, 2.24) is 5.32 Å². The minimum absolute atomic E-state index is 0.0658. The van der Waals surface area contributed by atoms with Gasteiger partial charge in [-0.15, -0.1) is 0 Å². The van der Waals surface area contributed by atoms with Gasteiger partial charge in [-0.05, 0) is 18.4 Å². The summed E-state index contributed by atoms with van der Waals surface area (Å²) in [5.74, 6) is -0.00116. The van der Waals surface area contributed by atoms with Crippen LogP contribution < -0.4 is 10.1 Å². The van der Waals surface area contributed by atoms with Crippen molar-refractivity contribution in [2.75, 3.05) is 13.2 Å². The van der Waals surface area contributed by atoms with Gasteiger partial charge in [-0.3, -0.25) is 0 Å². The third kappa shape index (κ3) is 4.09. The maximum Gasteiger partial charge on any atom is 0.412 e. The second-order valence-electron chi connectivity index (χ2n) is 4.71. The van der Waals surface area contributed by atoms with Crippen LogP contribution in [0.3, 0.4) is 0 Å². The van der Waals surface area contributed by atoms with Crippen molar-refractivity contribution in [3.8, 4) is 5.75 Å². The van der Waals surface area contributed by atoms with Crippen LogP contribution in [0.4, 0.5) is 4.79 Å². The first-order valence-corrected chi connectivity index (χ1v) is 6.84. The summed E-state index contributed by atoms with van der Waals surface area (Å²) in [7, 11) is 0. The summed E-state index contributed by atoms with van der Waals surface area (Å²) >= 11 is 0. The molecule has 0 aromatic heterocycles. The number of benzene rings is 2. The molecule has 1 amide bonds. The average molecular weight is 299 g/mol. The Hall–Kier alpha value is -2.82. The van der Waals surface area contributed by atoms with Crippen LogP contribution >= 0.6 is 0 Å². The Labute approximate surface area is 128 Å². The molecule has 22 heavy (non-hydrogen) atoms. The number of rotatable bonds is 5. The number of ether oxygens (including phenoxy) is 2. The molecule has 1 N–H and O–H groups in total. The molecule has 0 fully saturated rings. The molecule has 0 bridgehead atoms. The van der Waals surface area contributed by atoms with Gasteiger partial charge in [-0.2, -0.15) is 0 Å². The number of fused-ring (bicyclic) bond motifs is 1. The van der Waals surface area contributed by atoms with E-state index in [4.69, 9.17) is 9.47 Å². The summed E-state index contributed by atoms with van der Waals surface area (Å²) in [4.78, 5) is 22.9. The van der Waals surface area contributed by atoms with E-state index < -0.39 is 12.1 Å². The van der Waals surface area contributed by atoms with E-state index in [1.54, 1.807) is 13.0 Å². The quantitative estimate of drug-likeness (QED) is 0.523. The maximum atomic E-state index is 11.7. The van der Waals surface area contributed by atoms with Crippen molar-refractivity contribution in [2.45, 2.75) is 6.92 Å².